The monoisotopic (exact) mass is 404 g/mol. The van der Waals surface area contributed by atoms with E-state index in [0.717, 1.165) is 35.7 Å². The van der Waals surface area contributed by atoms with Crippen LogP contribution in [0.3, 0.4) is 0 Å². The van der Waals surface area contributed by atoms with E-state index in [-0.39, 0.29) is 12.5 Å². The van der Waals surface area contributed by atoms with Crippen LogP contribution in [-0.4, -0.2) is 49.0 Å². The number of nitrogens with zero attached hydrogens (tertiary/aromatic N) is 3. The van der Waals surface area contributed by atoms with Gasteiger partial charge in [0, 0.05) is 24.3 Å². The van der Waals surface area contributed by atoms with Crippen LogP contribution in [0.25, 0.3) is 11.3 Å². The van der Waals surface area contributed by atoms with Crippen molar-refractivity contribution in [3.05, 3.63) is 66.2 Å². The zero-order chi connectivity index (χ0) is 20.8. The van der Waals surface area contributed by atoms with E-state index in [1.807, 2.05) is 67.6 Å². The maximum Gasteiger partial charge on any atom is 0.262 e. The molecule has 1 fully saturated rings. The van der Waals surface area contributed by atoms with Gasteiger partial charge in [-0.25, -0.2) is 0 Å². The summed E-state index contributed by atoms with van der Waals surface area (Å²) in [5.41, 5.74) is 3.42. The molecular weight excluding hydrogens is 380 g/mol. The van der Waals surface area contributed by atoms with Crippen molar-refractivity contribution in [3.63, 3.8) is 0 Å². The fraction of sp³-hybridized carbons (Fsp3) is 0.261. The van der Waals surface area contributed by atoms with Crippen LogP contribution in [0.15, 0.2) is 60.7 Å². The van der Waals surface area contributed by atoms with Crippen LogP contribution in [0.4, 0.5) is 11.5 Å². The fourth-order valence-electron chi connectivity index (χ4n) is 3.22. The summed E-state index contributed by atoms with van der Waals surface area (Å²) in [6.45, 7) is 4.99. The molecule has 1 saturated heterocycles. The van der Waals surface area contributed by atoms with Crippen LogP contribution in [0.2, 0.25) is 0 Å². The predicted molar refractivity (Wildman–Crippen MR) is 116 cm³/mol. The number of morpholine rings is 1. The number of benzene rings is 2. The summed E-state index contributed by atoms with van der Waals surface area (Å²) in [5, 5.41) is 11.5. The Kier molecular flexibility index (Phi) is 6.20. The second kappa shape index (κ2) is 9.37. The van der Waals surface area contributed by atoms with Crippen LogP contribution in [-0.2, 0) is 9.53 Å². The van der Waals surface area contributed by atoms with Gasteiger partial charge in [-0.2, -0.15) is 0 Å². The third-order valence-electron chi connectivity index (χ3n) is 4.90. The number of carbonyl (C=O) groups is 1. The first-order valence-corrected chi connectivity index (χ1v) is 9.94. The lowest BCUT2D eigenvalue weighted by molar-refractivity contribution is -0.118. The highest BCUT2D eigenvalue weighted by Crippen LogP contribution is 2.21. The molecule has 1 amide bonds. The lowest BCUT2D eigenvalue weighted by atomic mass is 10.1. The van der Waals surface area contributed by atoms with Gasteiger partial charge in [0.25, 0.3) is 5.91 Å². The smallest absolute Gasteiger partial charge is 0.262 e. The molecule has 1 aliphatic heterocycles. The van der Waals surface area contributed by atoms with E-state index in [0.29, 0.717) is 24.7 Å². The van der Waals surface area contributed by atoms with Crippen molar-refractivity contribution in [3.8, 4) is 17.0 Å². The normalized spacial score (nSPS) is 13.7. The molecule has 3 aromatic rings. The van der Waals surface area contributed by atoms with E-state index in [1.165, 1.54) is 0 Å². The van der Waals surface area contributed by atoms with Crippen molar-refractivity contribution in [1.29, 1.82) is 0 Å². The van der Waals surface area contributed by atoms with Gasteiger partial charge in [0.1, 0.15) is 5.75 Å². The van der Waals surface area contributed by atoms with Crippen LogP contribution < -0.4 is 15.0 Å². The van der Waals surface area contributed by atoms with E-state index in [4.69, 9.17) is 9.47 Å². The van der Waals surface area contributed by atoms with Gasteiger partial charge in [0.15, 0.2) is 12.4 Å². The van der Waals surface area contributed by atoms with Crippen molar-refractivity contribution < 1.29 is 14.3 Å². The molecule has 7 nitrogen and oxygen atoms in total. The van der Waals surface area contributed by atoms with E-state index < -0.39 is 0 Å². The molecule has 0 spiro atoms. The molecule has 4 rings (SSSR count). The highest BCUT2D eigenvalue weighted by molar-refractivity contribution is 5.92. The molecule has 1 N–H and O–H groups in total. The third-order valence-corrected chi connectivity index (χ3v) is 4.90. The minimum absolute atomic E-state index is 0.0406. The Labute approximate surface area is 175 Å². The lowest BCUT2D eigenvalue weighted by Gasteiger charge is -2.27. The second-order valence-corrected chi connectivity index (χ2v) is 7.06. The number of aryl methyl sites for hydroxylation is 1. The van der Waals surface area contributed by atoms with Crippen LogP contribution in [0, 0.1) is 6.92 Å². The zero-order valence-corrected chi connectivity index (χ0v) is 16.9. The molecule has 154 valence electrons. The number of hydrogen-bond acceptors (Lipinski definition) is 6. The molecular formula is C23H24N4O3. The Balaban J connectivity index is 1.33. The number of rotatable bonds is 6. The largest absolute Gasteiger partial charge is 0.483 e. The molecule has 0 radical (unpaired) electrons. The molecule has 0 atom stereocenters. The molecule has 0 bridgehead atoms. The standard InChI is InChI=1S/C23H24N4O3/c1-17-4-2-3-5-21(17)30-16-23(28)24-19-8-6-18(7-9-19)20-10-11-22(26-25-20)27-12-14-29-15-13-27/h2-11H,12-16H2,1H3,(H,24,28). The van der Waals surface area contributed by atoms with Gasteiger partial charge in [-0.05, 0) is 42.8 Å². The molecule has 1 aromatic heterocycles. The highest BCUT2D eigenvalue weighted by atomic mass is 16.5. The number of ether oxygens (including phenoxy) is 2. The van der Waals surface area contributed by atoms with E-state index in [2.05, 4.69) is 20.4 Å². The molecule has 0 saturated carbocycles. The molecule has 0 unspecified atom stereocenters. The first kappa shape index (κ1) is 19.8. The Hall–Kier alpha value is -3.45. The Morgan fingerprint density at radius 2 is 1.80 bits per heavy atom. The van der Waals surface area contributed by atoms with Gasteiger partial charge in [0.05, 0.1) is 18.9 Å². The maximum atomic E-state index is 12.2. The minimum atomic E-state index is -0.208. The molecule has 1 aliphatic rings. The van der Waals surface area contributed by atoms with E-state index in [9.17, 15) is 4.79 Å². The second-order valence-electron chi connectivity index (χ2n) is 7.06. The van der Waals surface area contributed by atoms with Crippen LogP contribution in [0.5, 0.6) is 5.75 Å². The zero-order valence-electron chi connectivity index (χ0n) is 16.9. The van der Waals surface area contributed by atoms with E-state index in [1.54, 1.807) is 0 Å². The number of amides is 1. The number of anilines is 2. The summed E-state index contributed by atoms with van der Waals surface area (Å²) in [5.74, 6) is 1.36. The quantitative estimate of drug-likeness (QED) is 0.679. The van der Waals surface area contributed by atoms with Crippen molar-refractivity contribution in [2.75, 3.05) is 43.1 Å². The van der Waals surface area contributed by atoms with Gasteiger partial charge in [0.2, 0.25) is 0 Å². The first-order valence-electron chi connectivity index (χ1n) is 9.94. The molecule has 0 aliphatic carbocycles. The Morgan fingerprint density at radius 3 is 2.50 bits per heavy atom. The topological polar surface area (TPSA) is 76.6 Å². The van der Waals surface area contributed by atoms with Gasteiger partial charge in [-0.3, -0.25) is 4.79 Å². The lowest BCUT2D eigenvalue weighted by Crippen LogP contribution is -2.36. The molecule has 2 aromatic carbocycles. The average Bonchev–Trinajstić information content (AvgIpc) is 2.80. The Bertz CT molecular complexity index is 984. The Morgan fingerprint density at radius 1 is 1.03 bits per heavy atom. The summed E-state index contributed by atoms with van der Waals surface area (Å²) in [7, 11) is 0. The summed E-state index contributed by atoms with van der Waals surface area (Å²) in [4.78, 5) is 14.3. The van der Waals surface area contributed by atoms with E-state index >= 15 is 0 Å². The van der Waals surface area contributed by atoms with Crippen LogP contribution >= 0.6 is 0 Å². The van der Waals surface area contributed by atoms with Crippen molar-refractivity contribution in [2.45, 2.75) is 6.92 Å². The minimum Gasteiger partial charge on any atom is -0.483 e. The number of nitrogens with one attached hydrogen (secondary N) is 1. The highest BCUT2D eigenvalue weighted by Gasteiger charge is 2.13. The average molecular weight is 404 g/mol. The predicted octanol–water partition coefficient (Wildman–Crippen LogP) is 3.31. The summed E-state index contributed by atoms with van der Waals surface area (Å²) < 4.78 is 11.0. The van der Waals surface area contributed by atoms with Gasteiger partial charge in [-0.1, -0.05) is 30.3 Å². The SMILES string of the molecule is Cc1ccccc1OCC(=O)Nc1ccc(-c2ccc(N3CCOCC3)nn2)cc1. The summed E-state index contributed by atoms with van der Waals surface area (Å²) in [6.07, 6.45) is 0. The van der Waals surface area contributed by atoms with Gasteiger partial charge >= 0.3 is 0 Å². The third kappa shape index (κ3) is 4.93. The van der Waals surface area contributed by atoms with Crippen molar-refractivity contribution >= 4 is 17.4 Å². The summed E-state index contributed by atoms with van der Waals surface area (Å²) >= 11 is 0. The van der Waals surface area contributed by atoms with Crippen LogP contribution in [0.1, 0.15) is 5.56 Å². The molecule has 30 heavy (non-hydrogen) atoms. The van der Waals surface area contributed by atoms with Crippen molar-refractivity contribution in [1.82, 2.24) is 10.2 Å². The fourth-order valence-corrected chi connectivity index (χ4v) is 3.22. The number of hydrogen-bond donors (Lipinski definition) is 1. The molecule has 2 heterocycles. The van der Waals surface area contributed by atoms with Crippen molar-refractivity contribution in [2.24, 2.45) is 0 Å². The number of aromatic nitrogens is 2. The van der Waals surface area contributed by atoms with Gasteiger partial charge < -0.3 is 19.7 Å². The molecule has 7 heteroatoms. The maximum absolute atomic E-state index is 12.2. The summed E-state index contributed by atoms with van der Waals surface area (Å²) in [6, 6.07) is 19.1. The number of para-hydroxylation sites is 1. The number of carbonyl (C=O) groups excluding carboxylic acids is 1. The van der Waals surface area contributed by atoms with Gasteiger partial charge in [-0.15, -0.1) is 10.2 Å². The first-order chi connectivity index (χ1) is 14.7.